The van der Waals surface area contributed by atoms with Crippen LogP contribution in [0, 0.1) is 23.7 Å². The Morgan fingerprint density at radius 1 is 1.07 bits per heavy atom. The fourth-order valence-corrected chi connectivity index (χ4v) is 4.80. The van der Waals surface area contributed by atoms with Gasteiger partial charge in [-0.25, -0.2) is 0 Å². The normalized spacial score (nSPS) is 28.1. The number of fused-ring (bicyclic) bond motifs is 5. The van der Waals surface area contributed by atoms with Crippen molar-refractivity contribution in [3.63, 3.8) is 0 Å². The molecule has 5 heteroatoms. The number of carbonyl (C=O) groups is 3. The number of carbonyl (C=O) groups excluding carboxylic acids is 3. The molecule has 1 heterocycles. The molecule has 3 aliphatic rings. The lowest BCUT2D eigenvalue weighted by Crippen LogP contribution is -2.43. The van der Waals surface area contributed by atoms with Crippen molar-refractivity contribution < 1.29 is 14.4 Å². The Bertz CT molecular complexity index is 743. The molecule has 0 aromatic heterocycles. The topological polar surface area (TPSA) is 57.7 Å². The summed E-state index contributed by atoms with van der Waals surface area (Å²) in [6, 6.07) is 9.84. The van der Waals surface area contributed by atoms with E-state index in [2.05, 4.69) is 19.1 Å². The number of nitrogens with zero attached hydrogens (tertiary/aromatic N) is 2. The first kappa shape index (κ1) is 18.0. The predicted octanol–water partition coefficient (Wildman–Crippen LogP) is 2.62. The van der Waals surface area contributed by atoms with Crippen LogP contribution in [0.3, 0.4) is 0 Å². The van der Waals surface area contributed by atoms with Crippen molar-refractivity contribution in [3.05, 3.63) is 48.0 Å². The molecule has 4 rings (SSSR count). The molecule has 0 N–H and O–H groups in total. The monoisotopic (exact) mass is 366 g/mol. The summed E-state index contributed by atoms with van der Waals surface area (Å²) in [4.78, 5) is 41.6. The Balaban J connectivity index is 1.46. The maximum atomic E-state index is 13.0. The molecule has 2 aliphatic carbocycles. The Morgan fingerprint density at radius 2 is 1.70 bits per heavy atom. The highest BCUT2D eigenvalue weighted by atomic mass is 16.2. The van der Waals surface area contributed by atoms with Gasteiger partial charge in [-0.05, 0) is 30.2 Å². The summed E-state index contributed by atoms with van der Waals surface area (Å²) in [5.41, 5.74) is 1.06. The van der Waals surface area contributed by atoms with Crippen molar-refractivity contribution in [1.82, 2.24) is 9.80 Å². The van der Waals surface area contributed by atoms with Gasteiger partial charge in [-0.15, -0.1) is 0 Å². The maximum absolute atomic E-state index is 13.0. The smallest absolute Gasteiger partial charge is 0.243 e. The number of allylic oxidation sites excluding steroid dienone is 2. The minimum absolute atomic E-state index is 0.124. The number of imide groups is 1. The third-order valence-corrected chi connectivity index (χ3v) is 6.21. The molecule has 1 saturated heterocycles. The van der Waals surface area contributed by atoms with Crippen molar-refractivity contribution in [2.24, 2.45) is 23.7 Å². The second kappa shape index (κ2) is 7.29. The van der Waals surface area contributed by atoms with Gasteiger partial charge in [-0.2, -0.15) is 0 Å². The van der Waals surface area contributed by atoms with Gasteiger partial charge in [0, 0.05) is 13.1 Å². The van der Waals surface area contributed by atoms with Crippen LogP contribution < -0.4 is 0 Å². The summed E-state index contributed by atoms with van der Waals surface area (Å²) in [6.45, 7) is 3.11. The molecule has 142 valence electrons. The van der Waals surface area contributed by atoms with Crippen molar-refractivity contribution in [3.8, 4) is 0 Å². The minimum atomic E-state index is -0.237. The zero-order valence-corrected chi connectivity index (χ0v) is 15.7. The Kier molecular flexibility index (Phi) is 4.85. The number of rotatable bonds is 7. The van der Waals surface area contributed by atoms with Gasteiger partial charge in [0.1, 0.15) is 6.54 Å². The molecule has 1 aliphatic heterocycles. The van der Waals surface area contributed by atoms with E-state index in [-0.39, 0.29) is 47.9 Å². The van der Waals surface area contributed by atoms with Crippen LogP contribution in [-0.4, -0.2) is 40.6 Å². The molecule has 0 spiro atoms. The molecule has 2 fully saturated rings. The summed E-state index contributed by atoms with van der Waals surface area (Å²) < 4.78 is 0. The van der Waals surface area contributed by atoms with E-state index in [1.54, 1.807) is 4.90 Å². The van der Waals surface area contributed by atoms with E-state index in [1.807, 2.05) is 30.3 Å². The van der Waals surface area contributed by atoms with Crippen LogP contribution in [0.4, 0.5) is 0 Å². The van der Waals surface area contributed by atoms with E-state index < -0.39 is 0 Å². The van der Waals surface area contributed by atoms with Gasteiger partial charge in [0.05, 0.1) is 11.8 Å². The molecule has 27 heavy (non-hydrogen) atoms. The molecule has 0 unspecified atom stereocenters. The fraction of sp³-hybridized carbons (Fsp3) is 0.500. The van der Waals surface area contributed by atoms with Crippen LogP contribution >= 0.6 is 0 Å². The van der Waals surface area contributed by atoms with E-state index in [4.69, 9.17) is 0 Å². The van der Waals surface area contributed by atoms with Gasteiger partial charge in [0.15, 0.2) is 0 Å². The highest BCUT2D eigenvalue weighted by Crippen LogP contribution is 2.52. The van der Waals surface area contributed by atoms with Crippen LogP contribution in [0.15, 0.2) is 42.5 Å². The molecule has 4 atom stereocenters. The number of amides is 3. The third-order valence-electron chi connectivity index (χ3n) is 6.21. The highest BCUT2D eigenvalue weighted by Gasteiger charge is 2.59. The predicted molar refractivity (Wildman–Crippen MR) is 101 cm³/mol. The summed E-state index contributed by atoms with van der Waals surface area (Å²) >= 11 is 0. The largest absolute Gasteiger partial charge is 0.337 e. The molecule has 1 saturated carbocycles. The zero-order chi connectivity index (χ0) is 19.0. The van der Waals surface area contributed by atoms with Crippen LogP contribution in [0.2, 0.25) is 0 Å². The number of unbranched alkanes of at least 4 members (excludes halogenated alkanes) is 1. The SMILES string of the molecule is CCCCN(Cc1ccccc1)C(=O)CN1C(=O)[C@@H]2[C@@H](C1=O)[C@H]1C=C[C@H]2C1. The molecular formula is C22H26N2O3. The first-order chi connectivity index (χ1) is 13.1. The maximum Gasteiger partial charge on any atom is 0.243 e. The van der Waals surface area contributed by atoms with E-state index in [9.17, 15) is 14.4 Å². The Hall–Kier alpha value is -2.43. The molecule has 1 aromatic rings. The summed E-state index contributed by atoms with van der Waals surface area (Å²) in [5, 5.41) is 0. The average Bonchev–Trinajstić information content (AvgIpc) is 3.36. The number of likely N-dealkylation sites (tertiary alicyclic amines) is 1. The van der Waals surface area contributed by atoms with Gasteiger partial charge in [0.2, 0.25) is 17.7 Å². The minimum Gasteiger partial charge on any atom is -0.337 e. The summed E-state index contributed by atoms with van der Waals surface area (Å²) in [6.07, 6.45) is 6.95. The third kappa shape index (κ3) is 3.20. The second-order valence-electron chi connectivity index (χ2n) is 7.92. The van der Waals surface area contributed by atoms with Crippen molar-refractivity contribution in [2.75, 3.05) is 13.1 Å². The zero-order valence-electron chi connectivity index (χ0n) is 15.7. The summed E-state index contributed by atoms with van der Waals surface area (Å²) in [7, 11) is 0. The van der Waals surface area contributed by atoms with E-state index in [0.29, 0.717) is 13.1 Å². The van der Waals surface area contributed by atoms with Crippen molar-refractivity contribution >= 4 is 17.7 Å². The first-order valence-corrected chi connectivity index (χ1v) is 9.95. The highest BCUT2D eigenvalue weighted by molar-refractivity contribution is 6.08. The standard InChI is InChI=1S/C22H26N2O3/c1-2-3-11-23(13-15-7-5-4-6-8-15)18(25)14-24-21(26)19-16-9-10-17(12-16)20(19)22(24)27/h4-10,16-17,19-20H,2-3,11-14H2,1H3/t16-,17-,19-,20-/m0/s1. The van der Waals surface area contributed by atoms with Crippen LogP contribution in [0.5, 0.6) is 0 Å². The van der Waals surface area contributed by atoms with Crippen LogP contribution in [-0.2, 0) is 20.9 Å². The van der Waals surface area contributed by atoms with Gasteiger partial charge < -0.3 is 4.90 Å². The van der Waals surface area contributed by atoms with Crippen molar-refractivity contribution in [2.45, 2.75) is 32.7 Å². The molecule has 2 bridgehead atoms. The Labute approximate surface area is 160 Å². The quantitative estimate of drug-likeness (QED) is 0.551. The fourth-order valence-electron chi connectivity index (χ4n) is 4.80. The second-order valence-corrected chi connectivity index (χ2v) is 7.92. The van der Waals surface area contributed by atoms with E-state index in [0.717, 1.165) is 24.8 Å². The van der Waals surface area contributed by atoms with Gasteiger partial charge in [-0.3, -0.25) is 19.3 Å². The van der Waals surface area contributed by atoms with Gasteiger partial charge >= 0.3 is 0 Å². The average molecular weight is 366 g/mol. The number of hydrogen-bond acceptors (Lipinski definition) is 3. The molecule has 0 radical (unpaired) electrons. The molecule has 3 amide bonds. The van der Waals surface area contributed by atoms with Gasteiger partial charge in [-0.1, -0.05) is 55.8 Å². The summed E-state index contributed by atoms with van der Waals surface area (Å²) in [5.74, 6) is -0.559. The number of hydrogen-bond donors (Lipinski definition) is 0. The Morgan fingerprint density at radius 3 is 2.30 bits per heavy atom. The lowest BCUT2D eigenvalue weighted by Gasteiger charge is -2.25. The van der Waals surface area contributed by atoms with Gasteiger partial charge in [0.25, 0.3) is 0 Å². The first-order valence-electron chi connectivity index (χ1n) is 9.95. The van der Waals surface area contributed by atoms with E-state index >= 15 is 0 Å². The van der Waals surface area contributed by atoms with Crippen molar-refractivity contribution in [1.29, 1.82) is 0 Å². The number of benzene rings is 1. The van der Waals surface area contributed by atoms with Crippen LogP contribution in [0.1, 0.15) is 31.7 Å². The van der Waals surface area contributed by atoms with E-state index in [1.165, 1.54) is 4.90 Å². The lowest BCUT2D eigenvalue weighted by atomic mass is 9.85. The lowest BCUT2D eigenvalue weighted by molar-refractivity contribution is -0.147. The van der Waals surface area contributed by atoms with Crippen LogP contribution in [0.25, 0.3) is 0 Å². The molecule has 5 nitrogen and oxygen atoms in total. The molecule has 1 aromatic carbocycles. The molecular weight excluding hydrogens is 340 g/mol.